The average molecular weight is 195 g/mol. The Kier molecular flexibility index (Phi) is 2.42. The largest absolute Gasteiger partial charge is 0.297 e. The van der Waals surface area contributed by atoms with E-state index in [-0.39, 0.29) is 0 Å². The summed E-state index contributed by atoms with van der Waals surface area (Å²) in [6.45, 7) is 12.3. The highest BCUT2D eigenvalue weighted by Crippen LogP contribution is 2.47. The lowest BCUT2D eigenvalue weighted by Gasteiger charge is -2.37. The van der Waals surface area contributed by atoms with E-state index in [1.165, 1.54) is 38.8 Å². The van der Waals surface area contributed by atoms with Gasteiger partial charge in [-0.1, -0.05) is 27.7 Å². The Labute approximate surface area is 88.9 Å². The van der Waals surface area contributed by atoms with Crippen molar-refractivity contribution in [2.45, 2.75) is 58.9 Å². The molecule has 0 bridgehead atoms. The molecule has 2 saturated heterocycles. The monoisotopic (exact) mass is 195 g/mol. The smallest absolute Gasteiger partial charge is 0.0218 e. The average Bonchev–Trinajstić information content (AvgIpc) is 2.38. The zero-order chi connectivity index (χ0) is 10.4. The summed E-state index contributed by atoms with van der Waals surface area (Å²) >= 11 is 0. The van der Waals surface area contributed by atoms with E-state index in [0.29, 0.717) is 11.0 Å². The normalized spacial score (nSPS) is 39.0. The van der Waals surface area contributed by atoms with Gasteiger partial charge in [0.05, 0.1) is 0 Å². The van der Waals surface area contributed by atoms with E-state index in [0.717, 1.165) is 5.92 Å². The van der Waals surface area contributed by atoms with Crippen LogP contribution in [0.5, 0.6) is 0 Å². The summed E-state index contributed by atoms with van der Waals surface area (Å²) in [5.41, 5.74) is 1.09. The molecule has 14 heavy (non-hydrogen) atoms. The number of hydrogen-bond donors (Lipinski definition) is 0. The zero-order valence-electron chi connectivity index (χ0n) is 10.3. The molecule has 1 nitrogen and oxygen atoms in total. The first-order valence-corrected chi connectivity index (χ1v) is 6.16. The number of hydrogen-bond acceptors (Lipinski definition) is 1. The number of nitrogens with zero attached hydrogens (tertiary/aromatic N) is 1. The second-order valence-corrected chi connectivity index (χ2v) is 6.82. The van der Waals surface area contributed by atoms with E-state index in [2.05, 4.69) is 32.6 Å². The minimum atomic E-state index is 0.493. The summed E-state index contributed by atoms with van der Waals surface area (Å²) in [6, 6.07) is 0. The third-order valence-corrected chi connectivity index (χ3v) is 3.86. The Morgan fingerprint density at radius 1 is 1.36 bits per heavy atom. The standard InChI is InChI=1S/C13H25N/c1-11-8-13(10-12(2,3)4)6-5-7-14(13)9-11/h11H,5-10H2,1-4H3. The number of fused-ring (bicyclic) bond motifs is 1. The Balaban J connectivity index is 2.12. The van der Waals surface area contributed by atoms with E-state index in [4.69, 9.17) is 0 Å². The molecule has 0 aromatic carbocycles. The van der Waals surface area contributed by atoms with Crippen LogP contribution in [0.1, 0.15) is 53.4 Å². The summed E-state index contributed by atoms with van der Waals surface area (Å²) < 4.78 is 0. The lowest BCUT2D eigenvalue weighted by atomic mass is 9.76. The SMILES string of the molecule is CC1CN2CCCC2(CC(C)(C)C)C1. The molecule has 2 aliphatic heterocycles. The van der Waals surface area contributed by atoms with Gasteiger partial charge in [0, 0.05) is 12.1 Å². The molecule has 2 fully saturated rings. The molecular weight excluding hydrogens is 170 g/mol. The van der Waals surface area contributed by atoms with Crippen molar-refractivity contribution in [3.05, 3.63) is 0 Å². The fraction of sp³-hybridized carbons (Fsp3) is 1.00. The van der Waals surface area contributed by atoms with Gasteiger partial charge in [0.2, 0.25) is 0 Å². The van der Waals surface area contributed by atoms with Crippen LogP contribution in [0.2, 0.25) is 0 Å². The van der Waals surface area contributed by atoms with Crippen LogP contribution in [-0.4, -0.2) is 23.5 Å². The fourth-order valence-corrected chi connectivity index (χ4v) is 3.86. The molecule has 2 atom stereocenters. The van der Waals surface area contributed by atoms with Gasteiger partial charge < -0.3 is 0 Å². The molecule has 0 N–H and O–H groups in total. The van der Waals surface area contributed by atoms with Crippen molar-refractivity contribution in [1.29, 1.82) is 0 Å². The number of rotatable bonds is 1. The molecule has 2 heterocycles. The molecule has 2 unspecified atom stereocenters. The van der Waals surface area contributed by atoms with Crippen molar-refractivity contribution in [2.24, 2.45) is 11.3 Å². The van der Waals surface area contributed by atoms with Crippen LogP contribution in [0.25, 0.3) is 0 Å². The third-order valence-electron chi connectivity index (χ3n) is 3.86. The van der Waals surface area contributed by atoms with Gasteiger partial charge in [-0.15, -0.1) is 0 Å². The lowest BCUT2D eigenvalue weighted by molar-refractivity contribution is 0.129. The van der Waals surface area contributed by atoms with E-state index < -0.39 is 0 Å². The predicted octanol–water partition coefficient (Wildman–Crippen LogP) is 3.30. The van der Waals surface area contributed by atoms with Crippen LogP contribution in [0.3, 0.4) is 0 Å². The molecule has 2 aliphatic rings. The fourth-order valence-electron chi connectivity index (χ4n) is 3.86. The summed E-state index contributed by atoms with van der Waals surface area (Å²) in [7, 11) is 0. The second-order valence-electron chi connectivity index (χ2n) is 6.82. The maximum atomic E-state index is 2.78. The van der Waals surface area contributed by atoms with E-state index in [1.54, 1.807) is 0 Å². The van der Waals surface area contributed by atoms with Gasteiger partial charge in [-0.25, -0.2) is 0 Å². The predicted molar refractivity (Wildman–Crippen MR) is 61.4 cm³/mol. The Morgan fingerprint density at radius 3 is 2.71 bits per heavy atom. The van der Waals surface area contributed by atoms with Crippen molar-refractivity contribution in [3.8, 4) is 0 Å². The molecule has 0 aromatic heterocycles. The minimum absolute atomic E-state index is 0.493. The van der Waals surface area contributed by atoms with Crippen LogP contribution in [0.15, 0.2) is 0 Å². The topological polar surface area (TPSA) is 3.24 Å². The van der Waals surface area contributed by atoms with Crippen LogP contribution in [0.4, 0.5) is 0 Å². The van der Waals surface area contributed by atoms with Crippen LogP contribution in [-0.2, 0) is 0 Å². The molecule has 82 valence electrons. The molecule has 0 saturated carbocycles. The molecule has 0 radical (unpaired) electrons. The van der Waals surface area contributed by atoms with Crippen LogP contribution >= 0.6 is 0 Å². The maximum Gasteiger partial charge on any atom is 0.0218 e. The van der Waals surface area contributed by atoms with Gasteiger partial charge in [-0.05, 0) is 43.6 Å². The highest BCUT2D eigenvalue weighted by molar-refractivity contribution is 5.03. The lowest BCUT2D eigenvalue weighted by Crippen LogP contribution is -2.41. The first kappa shape index (κ1) is 10.5. The quantitative estimate of drug-likeness (QED) is 0.620. The molecule has 2 rings (SSSR count). The Morgan fingerprint density at radius 2 is 2.07 bits per heavy atom. The molecule has 1 heteroatoms. The van der Waals surface area contributed by atoms with Gasteiger partial charge in [-0.2, -0.15) is 0 Å². The summed E-state index contributed by atoms with van der Waals surface area (Å²) in [5, 5.41) is 0. The van der Waals surface area contributed by atoms with Gasteiger partial charge in [0.25, 0.3) is 0 Å². The highest BCUT2D eigenvalue weighted by Gasteiger charge is 2.48. The maximum absolute atomic E-state index is 2.78. The molecule has 0 amide bonds. The van der Waals surface area contributed by atoms with Crippen molar-refractivity contribution in [2.75, 3.05) is 13.1 Å². The third kappa shape index (κ3) is 1.84. The highest BCUT2D eigenvalue weighted by atomic mass is 15.2. The van der Waals surface area contributed by atoms with E-state index in [1.807, 2.05) is 0 Å². The van der Waals surface area contributed by atoms with Crippen LogP contribution < -0.4 is 0 Å². The van der Waals surface area contributed by atoms with Crippen molar-refractivity contribution in [3.63, 3.8) is 0 Å². The van der Waals surface area contributed by atoms with Gasteiger partial charge in [0.1, 0.15) is 0 Å². The van der Waals surface area contributed by atoms with Crippen molar-refractivity contribution in [1.82, 2.24) is 4.90 Å². The molecular formula is C13H25N. The molecule has 0 spiro atoms. The second kappa shape index (κ2) is 3.23. The first-order valence-electron chi connectivity index (χ1n) is 6.16. The molecule has 0 aromatic rings. The minimum Gasteiger partial charge on any atom is -0.297 e. The van der Waals surface area contributed by atoms with E-state index in [9.17, 15) is 0 Å². The summed E-state index contributed by atoms with van der Waals surface area (Å²) in [4.78, 5) is 2.78. The zero-order valence-corrected chi connectivity index (χ0v) is 10.3. The summed E-state index contributed by atoms with van der Waals surface area (Å²) in [5.74, 6) is 0.928. The Hall–Kier alpha value is -0.0400. The van der Waals surface area contributed by atoms with E-state index >= 15 is 0 Å². The van der Waals surface area contributed by atoms with Crippen molar-refractivity contribution < 1.29 is 0 Å². The van der Waals surface area contributed by atoms with Gasteiger partial charge in [-0.3, -0.25) is 4.90 Å². The van der Waals surface area contributed by atoms with Gasteiger partial charge >= 0.3 is 0 Å². The first-order chi connectivity index (χ1) is 6.41. The van der Waals surface area contributed by atoms with Crippen molar-refractivity contribution >= 4 is 0 Å². The Bertz CT molecular complexity index is 216. The van der Waals surface area contributed by atoms with Gasteiger partial charge in [0.15, 0.2) is 0 Å². The summed E-state index contributed by atoms with van der Waals surface area (Å²) in [6.07, 6.45) is 5.73. The molecule has 0 aliphatic carbocycles. The van der Waals surface area contributed by atoms with Crippen LogP contribution in [0, 0.1) is 11.3 Å².